The first-order chi connectivity index (χ1) is 24.4. The van der Waals surface area contributed by atoms with E-state index in [1.165, 1.54) is 16.4 Å². The molecule has 6 aromatic rings. The summed E-state index contributed by atoms with van der Waals surface area (Å²) in [5, 5.41) is 3.73. The van der Waals surface area contributed by atoms with Gasteiger partial charge in [0.1, 0.15) is 17.1 Å². The van der Waals surface area contributed by atoms with E-state index in [1.807, 2.05) is 76.2 Å². The highest BCUT2D eigenvalue weighted by atomic mass is 32.2. The molecule has 1 aliphatic heterocycles. The molecule has 1 N–H and O–H groups in total. The van der Waals surface area contributed by atoms with Crippen LogP contribution in [0.4, 0.5) is 10.7 Å². The van der Waals surface area contributed by atoms with Gasteiger partial charge in [-0.15, -0.1) is 0 Å². The number of fused-ring (bicyclic) bond motifs is 2. The number of hydrogen-bond donors (Lipinski definition) is 1. The van der Waals surface area contributed by atoms with E-state index in [9.17, 15) is 13.2 Å². The Balaban J connectivity index is 1.28. The van der Waals surface area contributed by atoms with E-state index in [1.54, 1.807) is 47.5 Å². The first-order valence-corrected chi connectivity index (χ1v) is 18.1. The number of hydrogen-bond acceptors (Lipinski definition) is 9. The smallest absolute Gasteiger partial charge is 0.410 e. The van der Waals surface area contributed by atoms with Crippen LogP contribution in [0.25, 0.3) is 22.3 Å². The third-order valence-electron chi connectivity index (χ3n) is 8.49. The van der Waals surface area contributed by atoms with Gasteiger partial charge in [0.25, 0.3) is 10.0 Å². The summed E-state index contributed by atoms with van der Waals surface area (Å²) < 4.78 is 41.6. The van der Waals surface area contributed by atoms with Crippen molar-refractivity contribution in [3.05, 3.63) is 126 Å². The normalized spacial score (nSPS) is 13.1. The minimum Gasteiger partial charge on any atom is -0.457 e. The Bertz CT molecular complexity index is 2330. The average Bonchev–Trinajstić information content (AvgIpc) is 3.52. The zero-order valence-electron chi connectivity index (χ0n) is 28.8. The second kappa shape index (κ2) is 13.5. The van der Waals surface area contributed by atoms with Crippen molar-refractivity contribution in [2.45, 2.75) is 57.7 Å². The maximum absolute atomic E-state index is 14.1. The summed E-state index contributed by atoms with van der Waals surface area (Å²) in [6.07, 6.45) is 5.02. The summed E-state index contributed by atoms with van der Waals surface area (Å²) in [5.41, 5.74) is 4.65. The van der Waals surface area contributed by atoms with Crippen LogP contribution in [0.5, 0.6) is 11.5 Å². The Morgan fingerprint density at radius 2 is 1.69 bits per heavy atom. The molecule has 3 aromatic heterocycles. The lowest BCUT2D eigenvalue weighted by atomic mass is 10.00. The molecule has 4 heterocycles. The monoisotopic (exact) mass is 702 g/mol. The Morgan fingerprint density at radius 3 is 2.45 bits per heavy atom. The maximum atomic E-state index is 14.1. The molecule has 11 nitrogen and oxygen atoms in total. The van der Waals surface area contributed by atoms with E-state index in [-0.39, 0.29) is 16.6 Å². The fourth-order valence-electron chi connectivity index (χ4n) is 5.96. The summed E-state index contributed by atoms with van der Waals surface area (Å²) in [6.45, 7) is 8.89. The highest BCUT2D eigenvalue weighted by Crippen LogP contribution is 2.39. The summed E-state index contributed by atoms with van der Waals surface area (Å²) >= 11 is 0. The van der Waals surface area contributed by atoms with Crippen molar-refractivity contribution >= 4 is 33.1 Å². The summed E-state index contributed by atoms with van der Waals surface area (Å²) in [4.78, 5) is 28.4. The zero-order chi connectivity index (χ0) is 35.8. The molecule has 0 spiro atoms. The minimum absolute atomic E-state index is 0.127. The molecule has 12 heteroatoms. The number of rotatable bonds is 8. The zero-order valence-corrected chi connectivity index (χ0v) is 29.6. The van der Waals surface area contributed by atoms with Crippen molar-refractivity contribution in [1.82, 2.24) is 23.8 Å². The van der Waals surface area contributed by atoms with Crippen LogP contribution >= 0.6 is 0 Å². The van der Waals surface area contributed by atoms with Gasteiger partial charge >= 0.3 is 6.09 Å². The van der Waals surface area contributed by atoms with Gasteiger partial charge in [-0.05, 0) is 87.2 Å². The summed E-state index contributed by atoms with van der Waals surface area (Å²) in [6, 6.07) is 25.8. The Morgan fingerprint density at radius 1 is 0.922 bits per heavy atom. The van der Waals surface area contributed by atoms with E-state index >= 15 is 0 Å². The molecule has 0 saturated carbocycles. The number of anilines is 1. The van der Waals surface area contributed by atoms with Gasteiger partial charge in [0.2, 0.25) is 5.95 Å². The lowest BCUT2D eigenvalue weighted by Crippen LogP contribution is -2.39. The van der Waals surface area contributed by atoms with Crippen molar-refractivity contribution < 1.29 is 22.7 Å². The standard InChI is InChI=1S/C39H38N6O5S/c1-26-10-14-31(15-11-26)51(47,48)45-25-32(33-16-19-41-37(43-33)42-23-27-8-6-5-7-9-27)35-34(17-20-40-36(35)45)49-30-13-12-28-18-21-44(24-29(28)22-30)38(46)50-39(2,3)4/h5-17,19-20,22,25H,18,21,23-24H2,1-4H3,(H,41,42,43). The van der Waals surface area contributed by atoms with E-state index in [0.717, 1.165) is 22.3 Å². The molecule has 0 unspecified atom stereocenters. The average molecular weight is 703 g/mol. The van der Waals surface area contributed by atoms with Crippen LogP contribution in [0.1, 0.15) is 43.0 Å². The van der Waals surface area contributed by atoms with E-state index in [0.29, 0.717) is 60.1 Å². The molecular formula is C39H38N6O5S. The van der Waals surface area contributed by atoms with Crippen LogP contribution in [-0.2, 0) is 34.3 Å². The number of carbonyl (C=O) groups is 1. The number of aryl methyl sites for hydroxylation is 1. The van der Waals surface area contributed by atoms with Gasteiger partial charge in [0.15, 0.2) is 5.65 Å². The van der Waals surface area contributed by atoms with Gasteiger partial charge in [-0.1, -0.05) is 54.1 Å². The van der Waals surface area contributed by atoms with Crippen LogP contribution < -0.4 is 10.1 Å². The molecule has 0 radical (unpaired) electrons. The number of amides is 1. The fourth-order valence-corrected chi connectivity index (χ4v) is 7.28. The highest BCUT2D eigenvalue weighted by Gasteiger charge is 2.28. The van der Waals surface area contributed by atoms with Crippen molar-refractivity contribution in [2.24, 2.45) is 0 Å². The SMILES string of the molecule is Cc1ccc(S(=O)(=O)n2cc(-c3ccnc(NCc4ccccc4)n3)c3c(Oc4ccc5c(c4)CN(C(=O)OC(C)(C)C)CC5)ccnc32)cc1. The van der Waals surface area contributed by atoms with Crippen LogP contribution in [0.15, 0.2) is 108 Å². The Kier molecular flexibility index (Phi) is 8.94. The van der Waals surface area contributed by atoms with E-state index in [4.69, 9.17) is 14.5 Å². The molecule has 0 saturated heterocycles. The van der Waals surface area contributed by atoms with Gasteiger partial charge in [0.05, 0.1) is 16.0 Å². The van der Waals surface area contributed by atoms with E-state index < -0.39 is 15.6 Å². The highest BCUT2D eigenvalue weighted by molar-refractivity contribution is 7.90. The van der Waals surface area contributed by atoms with Crippen LogP contribution in [0.2, 0.25) is 0 Å². The van der Waals surface area contributed by atoms with Gasteiger partial charge in [-0.25, -0.2) is 32.1 Å². The fraction of sp³-hybridized carbons (Fsp3) is 0.231. The molecule has 0 atom stereocenters. The van der Waals surface area contributed by atoms with Crippen molar-refractivity contribution in [3.63, 3.8) is 0 Å². The van der Waals surface area contributed by atoms with E-state index in [2.05, 4.69) is 15.3 Å². The molecular weight excluding hydrogens is 665 g/mol. The molecule has 0 bridgehead atoms. The molecule has 3 aromatic carbocycles. The van der Waals surface area contributed by atoms with Crippen molar-refractivity contribution in [2.75, 3.05) is 11.9 Å². The predicted octanol–water partition coefficient (Wildman–Crippen LogP) is 7.74. The molecule has 1 amide bonds. The second-order valence-corrected chi connectivity index (χ2v) is 15.3. The number of ether oxygens (including phenoxy) is 2. The number of benzene rings is 3. The molecule has 51 heavy (non-hydrogen) atoms. The number of nitrogens with one attached hydrogen (secondary N) is 1. The molecule has 7 rings (SSSR count). The quantitative estimate of drug-likeness (QED) is 0.169. The van der Waals surface area contributed by atoms with Crippen LogP contribution in [-0.4, -0.2) is 50.5 Å². The van der Waals surface area contributed by atoms with Gasteiger partial charge in [-0.3, -0.25) is 0 Å². The third-order valence-corrected chi connectivity index (χ3v) is 10.2. The summed E-state index contributed by atoms with van der Waals surface area (Å²) in [5.74, 6) is 1.31. The second-order valence-electron chi connectivity index (χ2n) is 13.5. The maximum Gasteiger partial charge on any atom is 0.410 e. The number of carbonyl (C=O) groups excluding carboxylic acids is 1. The number of aromatic nitrogens is 4. The lowest BCUT2D eigenvalue weighted by molar-refractivity contribution is 0.0223. The topological polar surface area (TPSA) is 129 Å². The molecule has 0 aliphatic carbocycles. The third kappa shape index (κ3) is 7.27. The largest absolute Gasteiger partial charge is 0.457 e. The number of pyridine rings is 1. The molecule has 0 fully saturated rings. The lowest BCUT2D eigenvalue weighted by Gasteiger charge is -2.31. The Hall–Kier alpha value is -5.75. The van der Waals surface area contributed by atoms with Crippen molar-refractivity contribution in [1.29, 1.82) is 0 Å². The number of nitrogens with zero attached hydrogens (tertiary/aromatic N) is 5. The first kappa shape index (κ1) is 33.7. The first-order valence-electron chi connectivity index (χ1n) is 16.7. The van der Waals surface area contributed by atoms with Gasteiger partial charge in [0, 0.05) is 43.8 Å². The van der Waals surface area contributed by atoms with Crippen LogP contribution in [0.3, 0.4) is 0 Å². The Labute approximate surface area is 297 Å². The summed E-state index contributed by atoms with van der Waals surface area (Å²) in [7, 11) is -4.06. The predicted molar refractivity (Wildman–Crippen MR) is 195 cm³/mol. The van der Waals surface area contributed by atoms with Crippen molar-refractivity contribution in [3.8, 4) is 22.8 Å². The van der Waals surface area contributed by atoms with Crippen LogP contribution in [0, 0.1) is 6.92 Å². The molecule has 1 aliphatic rings. The van der Waals surface area contributed by atoms with Gasteiger partial charge in [-0.2, -0.15) is 0 Å². The van der Waals surface area contributed by atoms with Gasteiger partial charge < -0.3 is 19.7 Å². The minimum atomic E-state index is -4.06. The molecule has 260 valence electrons.